The number of aromatic nitrogens is 3. The third-order valence-electron chi connectivity index (χ3n) is 3.92. The first-order valence-corrected chi connectivity index (χ1v) is 8.40. The van der Waals surface area contributed by atoms with E-state index >= 15 is 0 Å². The lowest BCUT2D eigenvalue weighted by molar-refractivity contribution is -0.121. The van der Waals surface area contributed by atoms with Crippen molar-refractivity contribution in [2.45, 2.75) is 39.7 Å². The monoisotopic (exact) mass is 415 g/mol. The molecular formula is C18H27Cl2N5O2. The lowest BCUT2D eigenvalue weighted by Gasteiger charge is -2.19. The highest BCUT2D eigenvalue weighted by atomic mass is 35.5. The average Bonchev–Trinajstić information content (AvgIpc) is 2.57. The summed E-state index contributed by atoms with van der Waals surface area (Å²) in [5.41, 5.74) is 7.08. The minimum Gasteiger partial charge on any atom is -0.352 e. The summed E-state index contributed by atoms with van der Waals surface area (Å²) in [7, 11) is 0. The van der Waals surface area contributed by atoms with E-state index in [0.717, 1.165) is 12.0 Å². The molecule has 0 radical (unpaired) electrons. The molecule has 1 atom stereocenters. The summed E-state index contributed by atoms with van der Waals surface area (Å²) in [6.45, 7) is 6.26. The van der Waals surface area contributed by atoms with Gasteiger partial charge in [0.1, 0.15) is 5.82 Å². The van der Waals surface area contributed by atoms with Gasteiger partial charge in [-0.2, -0.15) is 0 Å². The Morgan fingerprint density at radius 2 is 1.89 bits per heavy atom. The van der Waals surface area contributed by atoms with Crippen LogP contribution in [0.4, 0.5) is 0 Å². The highest BCUT2D eigenvalue weighted by Gasteiger charge is 2.16. The lowest BCUT2D eigenvalue weighted by Crippen LogP contribution is -2.42. The van der Waals surface area contributed by atoms with Crippen LogP contribution in [0.25, 0.3) is 11.4 Å². The van der Waals surface area contributed by atoms with Gasteiger partial charge in [0.2, 0.25) is 5.91 Å². The number of aromatic amines is 1. The van der Waals surface area contributed by atoms with E-state index in [0.29, 0.717) is 29.5 Å². The molecule has 2 aromatic heterocycles. The van der Waals surface area contributed by atoms with E-state index in [1.807, 2.05) is 0 Å². The van der Waals surface area contributed by atoms with E-state index in [4.69, 9.17) is 5.73 Å². The molecule has 1 unspecified atom stereocenters. The predicted molar refractivity (Wildman–Crippen MR) is 111 cm³/mol. The number of pyridine rings is 1. The van der Waals surface area contributed by atoms with Crippen LogP contribution in [0, 0.1) is 12.8 Å². The molecule has 2 heterocycles. The number of amides is 1. The van der Waals surface area contributed by atoms with Gasteiger partial charge in [-0.3, -0.25) is 14.6 Å². The predicted octanol–water partition coefficient (Wildman–Crippen LogP) is 2.02. The van der Waals surface area contributed by atoms with E-state index in [9.17, 15) is 9.59 Å². The van der Waals surface area contributed by atoms with Gasteiger partial charge in [0, 0.05) is 41.8 Å². The van der Waals surface area contributed by atoms with Gasteiger partial charge in [0.15, 0.2) is 0 Å². The summed E-state index contributed by atoms with van der Waals surface area (Å²) in [4.78, 5) is 35.8. The summed E-state index contributed by atoms with van der Waals surface area (Å²) in [6, 6.07) is 3.44. The highest BCUT2D eigenvalue weighted by Crippen LogP contribution is 2.13. The summed E-state index contributed by atoms with van der Waals surface area (Å²) < 4.78 is 0. The summed E-state index contributed by atoms with van der Waals surface area (Å²) in [6.07, 6.45) is 4.05. The number of rotatable bonds is 7. The molecule has 0 aliphatic carbocycles. The molecule has 0 saturated carbocycles. The second-order valence-electron chi connectivity index (χ2n) is 6.52. The normalized spacial score (nSPS) is 11.3. The highest BCUT2D eigenvalue weighted by molar-refractivity contribution is 5.85. The van der Waals surface area contributed by atoms with Crippen LogP contribution in [0.3, 0.4) is 0 Å². The molecule has 150 valence electrons. The van der Waals surface area contributed by atoms with Crippen LogP contribution in [0.1, 0.15) is 31.5 Å². The second-order valence-corrected chi connectivity index (χ2v) is 6.52. The third-order valence-corrected chi connectivity index (χ3v) is 3.92. The zero-order chi connectivity index (χ0) is 18.4. The Kier molecular flexibility index (Phi) is 10.8. The zero-order valence-electron chi connectivity index (χ0n) is 15.7. The smallest absolute Gasteiger partial charge is 0.255 e. The number of hydrogen-bond donors (Lipinski definition) is 3. The maximum atomic E-state index is 12.4. The Bertz CT molecular complexity index is 781. The molecule has 0 aromatic carbocycles. The van der Waals surface area contributed by atoms with E-state index in [1.165, 1.54) is 0 Å². The summed E-state index contributed by atoms with van der Waals surface area (Å²) in [5.74, 6) is 0.678. The van der Waals surface area contributed by atoms with Gasteiger partial charge < -0.3 is 16.0 Å². The van der Waals surface area contributed by atoms with Gasteiger partial charge in [-0.25, -0.2) is 4.98 Å². The van der Waals surface area contributed by atoms with Crippen LogP contribution in [-0.4, -0.2) is 33.4 Å². The third kappa shape index (κ3) is 7.28. The van der Waals surface area contributed by atoms with Gasteiger partial charge >= 0.3 is 0 Å². The first-order valence-electron chi connectivity index (χ1n) is 8.40. The van der Waals surface area contributed by atoms with Gasteiger partial charge in [-0.1, -0.05) is 13.8 Å². The molecule has 7 nitrogen and oxygen atoms in total. The van der Waals surface area contributed by atoms with Crippen molar-refractivity contribution in [2.75, 3.05) is 6.54 Å². The fourth-order valence-corrected chi connectivity index (χ4v) is 2.69. The van der Waals surface area contributed by atoms with Crippen LogP contribution in [0.5, 0.6) is 0 Å². The molecule has 0 spiro atoms. The summed E-state index contributed by atoms with van der Waals surface area (Å²) in [5, 5.41) is 2.89. The van der Waals surface area contributed by atoms with Crippen LogP contribution in [0.2, 0.25) is 0 Å². The Labute approximate surface area is 171 Å². The largest absolute Gasteiger partial charge is 0.352 e. The zero-order valence-corrected chi connectivity index (χ0v) is 17.3. The van der Waals surface area contributed by atoms with Gasteiger partial charge in [-0.15, -0.1) is 24.8 Å². The molecule has 9 heteroatoms. The first-order chi connectivity index (χ1) is 11.9. The summed E-state index contributed by atoms with van der Waals surface area (Å²) >= 11 is 0. The number of aryl methyl sites for hydroxylation is 1. The van der Waals surface area contributed by atoms with E-state index in [-0.39, 0.29) is 48.7 Å². The molecule has 0 saturated heterocycles. The van der Waals surface area contributed by atoms with Crippen LogP contribution < -0.4 is 16.6 Å². The molecule has 0 aliphatic heterocycles. The molecule has 27 heavy (non-hydrogen) atoms. The van der Waals surface area contributed by atoms with Crippen molar-refractivity contribution in [3.63, 3.8) is 0 Å². The number of nitrogens with one attached hydrogen (secondary N) is 2. The van der Waals surface area contributed by atoms with Crippen LogP contribution >= 0.6 is 24.8 Å². The SMILES string of the molecule is Cc1nc(-c2ccncc2)[nH]c(=O)c1CC(=O)NC(CN)CC(C)C.Cl.Cl. The topological polar surface area (TPSA) is 114 Å². The van der Waals surface area contributed by atoms with Crippen molar-refractivity contribution < 1.29 is 4.79 Å². The van der Waals surface area contributed by atoms with E-state index < -0.39 is 0 Å². The van der Waals surface area contributed by atoms with Crippen molar-refractivity contribution in [3.8, 4) is 11.4 Å². The Morgan fingerprint density at radius 3 is 2.41 bits per heavy atom. The molecule has 0 fully saturated rings. The molecule has 0 bridgehead atoms. The van der Waals surface area contributed by atoms with Gasteiger partial charge in [-0.05, 0) is 31.4 Å². The minimum atomic E-state index is -0.303. The first kappa shape index (κ1) is 25.0. The van der Waals surface area contributed by atoms with Crippen molar-refractivity contribution in [1.82, 2.24) is 20.3 Å². The maximum absolute atomic E-state index is 12.4. The van der Waals surface area contributed by atoms with Crippen LogP contribution in [-0.2, 0) is 11.2 Å². The van der Waals surface area contributed by atoms with Gasteiger partial charge in [0.25, 0.3) is 5.56 Å². The van der Waals surface area contributed by atoms with Gasteiger partial charge in [0.05, 0.1) is 6.42 Å². The molecule has 1 amide bonds. The second kappa shape index (κ2) is 11.7. The van der Waals surface area contributed by atoms with E-state index in [2.05, 4.69) is 34.1 Å². The lowest BCUT2D eigenvalue weighted by atomic mass is 10.0. The van der Waals surface area contributed by atoms with Crippen molar-refractivity contribution in [1.29, 1.82) is 0 Å². The number of halogens is 2. The molecule has 2 rings (SSSR count). The fourth-order valence-electron chi connectivity index (χ4n) is 2.69. The number of carbonyl (C=O) groups is 1. The Morgan fingerprint density at radius 1 is 1.26 bits per heavy atom. The molecule has 2 aromatic rings. The number of H-pyrrole nitrogens is 1. The number of nitrogens with two attached hydrogens (primary N) is 1. The Balaban J connectivity index is 0.00000338. The van der Waals surface area contributed by atoms with Crippen molar-refractivity contribution in [3.05, 3.63) is 46.1 Å². The average molecular weight is 416 g/mol. The maximum Gasteiger partial charge on any atom is 0.255 e. The number of hydrogen-bond acceptors (Lipinski definition) is 5. The number of carbonyl (C=O) groups excluding carboxylic acids is 1. The fraction of sp³-hybridized carbons (Fsp3) is 0.444. The molecule has 0 aliphatic rings. The quantitative estimate of drug-likeness (QED) is 0.639. The molecule has 4 N–H and O–H groups in total. The Hall–Kier alpha value is -1.96. The standard InChI is InChI=1S/C18H25N5O2.2ClH/c1-11(2)8-14(10-19)22-16(24)9-15-12(3)21-17(23-18(15)25)13-4-6-20-7-5-13;;/h4-7,11,14H,8-10,19H2,1-3H3,(H,22,24)(H,21,23,25);2*1H. The number of nitrogens with zero attached hydrogens (tertiary/aromatic N) is 2. The van der Waals surface area contributed by atoms with Crippen molar-refractivity contribution >= 4 is 30.7 Å². The van der Waals surface area contributed by atoms with E-state index in [1.54, 1.807) is 31.5 Å². The van der Waals surface area contributed by atoms with Crippen LogP contribution in [0.15, 0.2) is 29.3 Å². The van der Waals surface area contributed by atoms with Crippen molar-refractivity contribution in [2.24, 2.45) is 11.7 Å². The molecular weight excluding hydrogens is 389 g/mol. The minimum absolute atomic E-state index is 0.